The van der Waals surface area contributed by atoms with Gasteiger partial charge in [-0.1, -0.05) is 91.0 Å². The Morgan fingerprint density at radius 3 is 1.81 bits per heavy atom. The summed E-state index contributed by atoms with van der Waals surface area (Å²) in [4.78, 5) is 0. The Kier molecular flexibility index (Phi) is 4.76. The van der Waals surface area contributed by atoms with Crippen LogP contribution in [0.2, 0.25) is 0 Å². The van der Waals surface area contributed by atoms with Gasteiger partial charge in [0.15, 0.2) is 0 Å². The van der Waals surface area contributed by atoms with Crippen LogP contribution in [0.15, 0.2) is 133 Å². The van der Waals surface area contributed by atoms with Gasteiger partial charge < -0.3 is 15.3 Å². The molecule has 1 aromatic heterocycles. The van der Waals surface area contributed by atoms with Crippen LogP contribution in [0.3, 0.4) is 0 Å². The molecule has 0 saturated heterocycles. The van der Waals surface area contributed by atoms with Gasteiger partial charge in [-0.3, -0.25) is 0 Å². The summed E-state index contributed by atoms with van der Waals surface area (Å²) >= 11 is 0. The van der Waals surface area contributed by atoms with Crippen molar-refractivity contribution in [3.8, 4) is 16.8 Å². The quantitative estimate of drug-likeness (QED) is 0.171. The fourth-order valence-corrected chi connectivity index (χ4v) is 7.03. The van der Waals surface area contributed by atoms with Crippen molar-refractivity contribution >= 4 is 71.7 Å². The molecule has 3 nitrogen and oxygen atoms in total. The Bertz CT molecular complexity index is 2410. The minimum absolute atomic E-state index is 0.959. The van der Waals surface area contributed by atoms with Gasteiger partial charge in [-0.05, 0) is 85.9 Å². The summed E-state index contributed by atoms with van der Waals surface area (Å²) in [7, 11) is 0. The fourth-order valence-electron chi connectivity index (χ4n) is 7.03. The number of benzene rings is 7. The maximum Gasteiger partial charge on any atom is 0.0562 e. The summed E-state index contributed by atoms with van der Waals surface area (Å²) in [5, 5.41) is 21.4. The molecule has 196 valence electrons. The minimum atomic E-state index is 0.959. The van der Waals surface area contributed by atoms with E-state index in [0.717, 1.165) is 22.6 Å². The van der Waals surface area contributed by atoms with Gasteiger partial charge in [-0.25, -0.2) is 0 Å². The molecule has 1 aliphatic rings. The van der Waals surface area contributed by atoms with E-state index in [1.165, 1.54) is 71.5 Å². The highest BCUT2D eigenvalue weighted by atomic mass is 15.0. The molecule has 0 radical (unpaired) electrons. The van der Waals surface area contributed by atoms with Gasteiger partial charge in [-0.15, -0.1) is 0 Å². The number of allylic oxidation sites excluding steroid dienone is 1. The minimum Gasteiger partial charge on any atom is -0.354 e. The predicted molar refractivity (Wildman–Crippen MR) is 179 cm³/mol. The summed E-state index contributed by atoms with van der Waals surface area (Å²) < 4.78 is 2.36. The van der Waals surface area contributed by atoms with Crippen molar-refractivity contribution in [3.63, 3.8) is 0 Å². The highest BCUT2D eigenvalue weighted by molar-refractivity contribution is 6.26. The van der Waals surface area contributed by atoms with E-state index in [-0.39, 0.29) is 0 Å². The van der Waals surface area contributed by atoms with Crippen molar-refractivity contribution in [1.29, 1.82) is 5.41 Å². The Morgan fingerprint density at radius 2 is 1.12 bits per heavy atom. The molecule has 2 heterocycles. The van der Waals surface area contributed by atoms with Gasteiger partial charge in [0.25, 0.3) is 0 Å². The lowest BCUT2D eigenvalue weighted by Gasteiger charge is -2.18. The SMILES string of the molecule is N=C/C=C1\Nc2cccc3c2c2c1cccc2n3-c1ccc(-c2ccc3c4ccccc4c4ccccc4c3c2)cc1. The highest BCUT2D eigenvalue weighted by Crippen LogP contribution is 2.44. The van der Waals surface area contributed by atoms with Crippen molar-refractivity contribution < 1.29 is 0 Å². The van der Waals surface area contributed by atoms with Crippen molar-refractivity contribution in [3.05, 3.63) is 139 Å². The Labute approximate surface area is 242 Å². The van der Waals surface area contributed by atoms with Crippen LogP contribution in [0.25, 0.3) is 76.6 Å². The summed E-state index contributed by atoms with van der Waals surface area (Å²) in [6.07, 6.45) is 3.18. The Hall–Kier alpha value is -5.67. The third kappa shape index (κ3) is 3.13. The van der Waals surface area contributed by atoms with Gasteiger partial charge in [0, 0.05) is 39.6 Å². The first-order valence-corrected chi connectivity index (χ1v) is 14.3. The number of aromatic nitrogens is 1. The van der Waals surface area contributed by atoms with E-state index >= 15 is 0 Å². The number of anilines is 1. The summed E-state index contributed by atoms with van der Waals surface area (Å²) in [5.41, 5.74) is 9.05. The van der Waals surface area contributed by atoms with Crippen LogP contribution < -0.4 is 5.32 Å². The van der Waals surface area contributed by atoms with E-state index in [0.29, 0.717) is 0 Å². The molecule has 0 fully saturated rings. The average Bonchev–Trinajstić information content (AvgIpc) is 3.40. The van der Waals surface area contributed by atoms with Crippen LogP contribution in [0, 0.1) is 5.41 Å². The zero-order chi connectivity index (χ0) is 27.8. The molecule has 0 aliphatic carbocycles. The maximum atomic E-state index is 7.66. The van der Waals surface area contributed by atoms with E-state index < -0.39 is 0 Å². The van der Waals surface area contributed by atoms with Crippen molar-refractivity contribution in [2.75, 3.05) is 5.32 Å². The van der Waals surface area contributed by atoms with Crippen molar-refractivity contribution in [2.45, 2.75) is 0 Å². The second-order valence-electron chi connectivity index (χ2n) is 11.0. The summed E-state index contributed by atoms with van der Waals surface area (Å²) in [6.45, 7) is 0. The van der Waals surface area contributed by atoms with Crippen LogP contribution in [0.1, 0.15) is 5.56 Å². The first-order chi connectivity index (χ1) is 20.8. The molecular formula is C39H25N3. The number of nitrogens with zero attached hydrogens (tertiary/aromatic N) is 1. The van der Waals surface area contributed by atoms with Gasteiger partial charge in [0.1, 0.15) is 0 Å². The fraction of sp³-hybridized carbons (Fsp3) is 0. The summed E-state index contributed by atoms with van der Waals surface area (Å²) in [5.74, 6) is 0. The molecule has 0 atom stereocenters. The smallest absolute Gasteiger partial charge is 0.0562 e. The van der Waals surface area contributed by atoms with E-state index in [4.69, 9.17) is 5.41 Å². The van der Waals surface area contributed by atoms with E-state index in [9.17, 15) is 0 Å². The number of hydrogen-bond acceptors (Lipinski definition) is 2. The molecule has 7 aromatic carbocycles. The molecular weight excluding hydrogens is 510 g/mol. The Morgan fingerprint density at radius 1 is 0.524 bits per heavy atom. The second-order valence-corrected chi connectivity index (χ2v) is 11.0. The van der Waals surface area contributed by atoms with Crippen LogP contribution >= 0.6 is 0 Å². The van der Waals surface area contributed by atoms with Gasteiger partial charge in [0.05, 0.1) is 11.0 Å². The first-order valence-electron chi connectivity index (χ1n) is 14.3. The molecule has 0 saturated carbocycles. The van der Waals surface area contributed by atoms with E-state index in [1.807, 2.05) is 6.08 Å². The van der Waals surface area contributed by atoms with Crippen molar-refractivity contribution in [2.24, 2.45) is 0 Å². The third-order valence-corrected chi connectivity index (χ3v) is 8.83. The molecule has 0 spiro atoms. The average molecular weight is 536 g/mol. The third-order valence-electron chi connectivity index (χ3n) is 8.83. The summed E-state index contributed by atoms with van der Waals surface area (Å²) in [6, 6.07) is 46.2. The molecule has 0 amide bonds. The zero-order valence-corrected chi connectivity index (χ0v) is 22.7. The normalized spacial score (nSPS) is 13.6. The van der Waals surface area contributed by atoms with Crippen molar-refractivity contribution in [1.82, 2.24) is 4.57 Å². The number of fused-ring (bicyclic) bond motifs is 6. The lowest BCUT2D eigenvalue weighted by atomic mass is 9.92. The lowest BCUT2D eigenvalue weighted by molar-refractivity contribution is 1.18. The van der Waals surface area contributed by atoms with Gasteiger partial charge in [-0.2, -0.15) is 0 Å². The maximum absolute atomic E-state index is 7.66. The number of nitrogens with one attached hydrogen (secondary N) is 2. The molecule has 42 heavy (non-hydrogen) atoms. The van der Waals surface area contributed by atoms with E-state index in [1.54, 1.807) is 0 Å². The molecule has 0 bridgehead atoms. The van der Waals surface area contributed by atoms with Gasteiger partial charge in [0.2, 0.25) is 0 Å². The molecule has 8 aromatic rings. The number of hydrogen-bond donors (Lipinski definition) is 2. The molecule has 3 heteroatoms. The highest BCUT2D eigenvalue weighted by Gasteiger charge is 2.23. The second kappa shape index (κ2) is 8.66. The van der Waals surface area contributed by atoms with Crippen LogP contribution in [0.4, 0.5) is 5.69 Å². The topological polar surface area (TPSA) is 40.8 Å². The predicted octanol–water partition coefficient (Wildman–Crippen LogP) is 10.3. The Balaban J connectivity index is 1.22. The first kappa shape index (κ1) is 23.1. The van der Waals surface area contributed by atoms with Crippen LogP contribution in [-0.4, -0.2) is 10.8 Å². The number of rotatable bonds is 3. The van der Waals surface area contributed by atoms with Crippen LogP contribution in [0.5, 0.6) is 0 Å². The zero-order valence-electron chi connectivity index (χ0n) is 22.7. The lowest BCUT2D eigenvalue weighted by Crippen LogP contribution is -2.04. The van der Waals surface area contributed by atoms with Gasteiger partial charge >= 0.3 is 0 Å². The molecule has 1 aliphatic heterocycles. The van der Waals surface area contributed by atoms with Crippen LogP contribution in [-0.2, 0) is 0 Å². The van der Waals surface area contributed by atoms with E-state index in [2.05, 4.69) is 137 Å². The standard InChI is InChI=1S/C39H25N3/c40-22-21-34-32-11-5-13-36-38(32)39-35(41-34)12-6-14-37(39)42(36)26-18-15-24(16-19-26)25-17-20-31-29-9-2-1-7-27(29)28-8-3-4-10-30(28)33(31)23-25/h1-23,40-41H/b34-21-,40-22?. The monoisotopic (exact) mass is 535 g/mol. The molecule has 2 N–H and O–H groups in total. The largest absolute Gasteiger partial charge is 0.354 e. The molecule has 0 unspecified atom stereocenters. The molecule has 9 rings (SSSR count).